The van der Waals surface area contributed by atoms with Crippen molar-refractivity contribution in [2.45, 2.75) is 82.3 Å². The number of sulfonamides is 1. The Hall–Kier alpha value is -2.71. The smallest absolute Gasteiger partial charge is 0.242 e. The Bertz CT molecular complexity index is 1110. The molecule has 0 unspecified atom stereocenters. The van der Waals surface area contributed by atoms with Gasteiger partial charge in [0.05, 0.1) is 4.90 Å². The first-order valence-electron chi connectivity index (χ1n) is 12.9. The summed E-state index contributed by atoms with van der Waals surface area (Å²) in [6.07, 6.45) is 5.91. The van der Waals surface area contributed by atoms with Crippen LogP contribution in [-0.2, 0) is 26.2 Å². The quantitative estimate of drug-likeness (QED) is 0.486. The zero-order valence-corrected chi connectivity index (χ0v) is 22.5. The number of aryl methyl sites for hydroxylation is 1. The number of amides is 2. The van der Waals surface area contributed by atoms with E-state index in [2.05, 4.69) is 5.32 Å². The Kier molecular flexibility index (Phi) is 10.1. The summed E-state index contributed by atoms with van der Waals surface area (Å²) in [5, 5.41) is 3.15. The fourth-order valence-corrected chi connectivity index (χ4v) is 5.84. The number of carbonyl (C=O) groups is 2. The number of carbonyl (C=O) groups excluding carboxylic acids is 2. The maximum absolute atomic E-state index is 13.4. The Morgan fingerprint density at radius 3 is 2.31 bits per heavy atom. The number of nitrogens with one attached hydrogen (secondary N) is 1. The molecular formula is C28H39N3O4S. The molecule has 7 nitrogen and oxygen atoms in total. The summed E-state index contributed by atoms with van der Waals surface area (Å²) < 4.78 is 26.8. The van der Waals surface area contributed by atoms with Crippen molar-refractivity contribution in [3.8, 4) is 0 Å². The van der Waals surface area contributed by atoms with Crippen LogP contribution < -0.4 is 5.32 Å². The number of nitrogens with zero attached hydrogens (tertiary/aromatic N) is 2. The molecule has 8 heteroatoms. The first-order chi connectivity index (χ1) is 17.2. The minimum Gasteiger partial charge on any atom is -0.352 e. The SMILES string of the molecule is Cc1ccccc1CN(C(=O)CCCN(C)S(=O)(=O)c1ccccc1)[C@H](C)C(=O)NC1CCCCC1. The Morgan fingerprint density at radius 1 is 1.00 bits per heavy atom. The van der Waals surface area contributed by atoms with Crippen LogP contribution in [0.25, 0.3) is 0 Å². The summed E-state index contributed by atoms with van der Waals surface area (Å²) in [5.41, 5.74) is 2.05. The molecule has 0 heterocycles. The molecule has 0 aromatic heterocycles. The topological polar surface area (TPSA) is 86.8 Å². The predicted molar refractivity (Wildman–Crippen MR) is 142 cm³/mol. The van der Waals surface area contributed by atoms with Gasteiger partial charge in [0.25, 0.3) is 0 Å². The van der Waals surface area contributed by atoms with E-state index in [0.29, 0.717) is 13.0 Å². The van der Waals surface area contributed by atoms with E-state index in [1.807, 2.05) is 31.2 Å². The summed E-state index contributed by atoms with van der Waals surface area (Å²) in [5.74, 6) is -0.289. The van der Waals surface area contributed by atoms with Gasteiger partial charge < -0.3 is 10.2 Å². The fourth-order valence-electron chi connectivity index (χ4n) is 4.61. The molecule has 1 saturated carbocycles. The molecular weight excluding hydrogens is 474 g/mol. The predicted octanol–water partition coefficient (Wildman–Crippen LogP) is 4.26. The molecule has 1 N–H and O–H groups in total. The summed E-state index contributed by atoms with van der Waals surface area (Å²) in [6.45, 7) is 4.32. The third kappa shape index (κ3) is 7.40. The summed E-state index contributed by atoms with van der Waals surface area (Å²) in [7, 11) is -2.09. The van der Waals surface area contributed by atoms with Gasteiger partial charge in [0, 0.05) is 32.6 Å². The van der Waals surface area contributed by atoms with Gasteiger partial charge in [0.15, 0.2) is 0 Å². The highest BCUT2D eigenvalue weighted by atomic mass is 32.2. The van der Waals surface area contributed by atoms with Crippen LogP contribution in [0.4, 0.5) is 0 Å². The molecule has 1 aliphatic rings. The first kappa shape index (κ1) is 27.9. The van der Waals surface area contributed by atoms with Crippen LogP contribution in [0, 0.1) is 6.92 Å². The number of benzene rings is 2. The van der Waals surface area contributed by atoms with Crippen molar-refractivity contribution >= 4 is 21.8 Å². The van der Waals surface area contributed by atoms with Gasteiger partial charge in [-0.15, -0.1) is 0 Å². The minimum atomic E-state index is -3.61. The molecule has 36 heavy (non-hydrogen) atoms. The molecule has 2 aromatic rings. The molecule has 0 radical (unpaired) electrons. The van der Waals surface area contributed by atoms with Crippen molar-refractivity contribution in [2.75, 3.05) is 13.6 Å². The van der Waals surface area contributed by atoms with E-state index in [0.717, 1.165) is 36.8 Å². The zero-order chi connectivity index (χ0) is 26.1. The lowest BCUT2D eigenvalue weighted by Crippen LogP contribution is -2.50. The molecule has 0 bridgehead atoms. The Balaban J connectivity index is 1.66. The van der Waals surface area contributed by atoms with Gasteiger partial charge >= 0.3 is 0 Å². The van der Waals surface area contributed by atoms with Crippen molar-refractivity contribution in [3.63, 3.8) is 0 Å². The van der Waals surface area contributed by atoms with Gasteiger partial charge in [-0.05, 0) is 56.4 Å². The standard InChI is InChI=1S/C28H39N3O4S/c1-22-13-10-11-14-24(22)21-31(23(2)28(33)29-25-15-6-4-7-16-25)27(32)19-12-20-30(3)36(34,35)26-17-8-5-9-18-26/h5,8-11,13-14,17-18,23,25H,4,6-7,12,15-16,19-21H2,1-3H3,(H,29,33)/t23-/m1/s1. The lowest BCUT2D eigenvalue weighted by molar-refractivity contribution is -0.141. The van der Waals surface area contributed by atoms with Crippen LogP contribution in [-0.4, -0.2) is 55.1 Å². The second kappa shape index (κ2) is 13.0. The molecule has 2 aromatic carbocycles. The van der Waals surface area contributed by atoms with Gasteiger partial charge in [-0.2, -0.15) is 0 Å². The van der Waals surface area contributed by atoms with E-state index < -0.39 is 16.1 Å². The monoisotopic (exact) mass is 513 g/mol. The maximum atomic E-state index is 13.4. The highest BCUT2D eigenvalue weighted by Gasteiger charge is 2.28. The van der Waals surface area contributed by atoms with Gasteiger partial charge in [0.2, 0.25) is 21.8 Å². The van der Waals surface area contributed by atoms with Crippen molar-refractivity contribution in [2.24, 2.45) is 0 Å². The minimum absolute atomic E-state index is 0.132. The molecule has 1 aliphatic carbocycles. The summed E-state index contributed by atoms with van der Waals surface area (Å²) in [6, 6.07) is 15.7. The molecule has 1 atom stereocenters. The number of hydrogen-bond donors (Lipinski definition) is 1. The third-order valence-corrected chi connectivity index (χ3v) is 8.91. The molecule has 3 rings (SSSR count). The largest absolute Gasteiger partial charge is 0.352 e. The van der Waals surface area contributed by atoms with Crippen LogP contribution >= 0.6 is 0 Å². The molecule has 1 fully saturated rings. The Labute approximate surface area is 215 Å². The van der Waals surface area contributed by atoms with Crippen LogP contribution in [0.15, 0.2) is 59.5 Å². The molecule has 0 saturated heterocycles. The van der Waals surface area contributed by atoms with Crippen LogP contribution in [0.2, 0.25) is 0 Å². The second-order valence-electron chi connectivity index (χ2n) is 9.71. The average Bonchev–Trinajstić information content (AvgIpc) is 2.88. The van der Waals surface area contributed by atoms with Crippen LogP contribution in [0.5, 0.6) is 0 Å². The lowest BCUT2D eigenvalue weighted by atomic mass is 9.95. The maximum Gasteiger partial charge on any atom is 0.242 e. The van der Waals surface area contributed by atoms with Crippen LogP contribution in [0.1, 0.15) is 63.0 Å². The van der Waals surface area contributed by atoms with Crippen molar-refractivity contribution < 1.29 is 18.0 Å². The van der Waals surface area contributed by atoms with Crippen molar-refractivity contribution in [1.82, 2.24) is 14.5 Å². The van der Waals surface area contributed by atoms with E-state index in [9.17, 15) is 18.0 Å². The fraction of sp³-hybridized carbons (Fsp3) is 0.500. The van der Waals surface area contributed by atoms with Crippen LogP contribution in [0.3, 0.4) is 0 Å². The average molecular weight is 514 g/mol. The Morgan fingerprint density at radius 2 is 1.64 bits per heavy atom. The lowest BCUT2D eigenvalue weighted by Gasteiger charge is -2.31. The summed E-state index contributed by atoms with van der Waals surface area (Å²) >= 11 is 0. The summed E-state index contributed by atoms with van der Waals surface area (Å²) in [4.78, 5) is 28.3. The van der Waals surface area contributed by atoms with E-state index >= 15 is 0 Å². The van der Waals surface area contributed by atoms with Gasteiger partial charge in [-0.25, -0.2) is 12.7 Å². The van der Waals surface area contributed by atoms with Crippen molar-refractivity contribution in [3.05, 3.63) is 65.7 Å². The number of hydrogen-bond acceptors (Lipinski definition) is 4. The third-order valence-electron chi connectivity index (χ3n) is 7.04. The van der Waals surface area contributed by atoms with Gasteiger partial charge in [-0.3, -0.25) is 9.59 Å². The molecule has 0 spiro atoms. The van der Waals surface area contributed by atoms with Crippen molar-refractivity contribution in [1.29, 1.82) is 0 Å². The van der Waals surface area contributed by atoms with E-state index in [-0.39, 0.29) is 35.7 Å². The zero-order valence-electron chi connectivity index (χ0n) is 21.7. The second-order valence-corrected chi connectivity index (χ2v) is 11.8. The van der Waals surface area contributed by atoms with E-state index in [1.54, 1.807) is 42.2 Å². The van der Waals surface area contributed by atoms with E-state index in [1.165, 1.54) is 17.8 Å². The molecule has 2 amide bonds. The first-order valence-corrected chi connectivity index (χ1v) is 14.3. The van der Waals surface area contributed by atoms with E-state index in [4.69, 9.17) is 0 Å². The highest BCUT2D eigenvalue weighted by molar-refractivity contribution is 7.89. The molecule has 0 aliphatic heterocycles. The van der Waals surface area contributed by atoms with Gasteiger partial charge in [0.1, 0.15) is 6.04 Å². The normalized spacial score (nSPS) is 15.4. The highest BCUT2D eigenvalue weighted by Crippen LogP contribution is 2.20. The number of rotatable bonds is 11. The molecule has 196 valence electrons. The van der Waals surface area contributed by atoms with Gasteiger partial charge in [-0.1, -0.05) is 61.7 Å².